The van der Waals surface area contributed by atoms with Crippen LogP contribution in [0, 0.1) is 0 Å². The highest BCUT2D eigenvalue weighted by Gasteiger charge is 2.08. The van der Waals surface area contributed by atoms with E-state index in [1.165, 1.54) is 0 Å². The van der Waals surface area contributed by atoms with Gasteiger partial charge in [0.1, 0.15) is 0 Å². The predicted octanol–water partition coefficient (Wildman–Crippen LogP) is 1.64. The van der Waals surface area contributed by atoms with E-state index in [-0.39, 0.29) is 6.61 Å². The van der Waals surface area contributed by atoms with Crippen molar-refractivity contribution in [2.24, 2.45) is 7.05 Å². The summed E-state index contributed by atoms with van der Waals surface area (Å²) in [6, 6.07) is 2.01. The van der Waals surface area contributed by atoms with Crippen molar-refractivity contribution < 1.29 is 5.11 Å². The van der Waals surface area contributed by atoms with Gasteiger partial charge in [-0.3, -0.25) is 4.68 Å². The fraction of sp³-hybridized carbons (Fsp3) is 0.222. The van der Waals surface area contributed by atoms with Crippen molar-refractivity contribution in [3.8, 4) is 11.3 Å². The second kappa shape index (κ2) is 3.32. The van der Waals surface area contributed by atoms with Crippen LogP contribution in [-0.4, -0.2) is 14.9 Å². The molecule has 4 heteroatoms. The molecule has 0 aliphatic heterocycles. The Morgan fingerprint density at radius 2 is 2.46 bits per heavy atom. The van der Waals surface area contributed by atoms with Gasteiger partial charge in [0.15, 0.2) is 0 Å². The molecule has 2 rings (SSSR count). The molecule has 0 unspecified atom stereocenters. The lowest BCUT2D eigenvalue weighted by Gasteiger charge is -1.93. The van der Waals surface area contributed by atoms with Crippen molar-refractivity contribution in [1.29, 1.82) is 0 Å². The SMILES string of the molecule is Cn1cc(CO)c(-c2ccsc2)n1. The van der Waals surface area contributed by atoms with Crippen LogP contribution in [0.25, 0.3) is 11.3 Å². The molecule has 0 aromatic carbocycles. The van der Waals surface area contributed by atoms with E-state index in [2.05, 4.69) is 5.10 Å². The highest BCUT2D eigenvalue weighted by Crippen LogP contribution is 2.23. The third kappa shape index (κ3) is 1.50. The molecule has 0 atom stereocenters. The first-order chi connectivity index (χ1) is 6.31. The second-order valence-electron chi connectivity index (χ2n) is 2.85. The normalized spacial score (nSPS) is 10.6. The van der Waals surface area contributed by atoms with Gasteiger partial charge in [-0.25, -0.2) is 0 Å². The van der Waals surface area contributed by atoms with Crippen LogP contribution in [0.3, 0.4) is 0 Å². The standard InChI is InChI=1S/C9H10N2OS/c1-11-4-8(5-12)9(10-11)7-2-3-13-6-7/h2-4,6,12H,5H2,1H3. The topological polar surface area (TPSA) is 38.0 Å². The van der Waals surface area contributed by atoms with E-state index in [0.717, 1.165) is 16.8 Å². The van der Waals surface area contributed by atoms with E-state index in [1.54, 1.807) is 16.0 Å². The van der Waals surface area contributed by atoms with E-state index < -0.39 is 0 Å². The molecule has 68 valence electrons. The summed E-state index contributed by atoms with van der Waals surface area (Å²) in [6.07, 6.45) is 1.84. The zero-order valence-corrected chi connectivity index (χ0v) is 8.08. The van der Waals surface area contributed by atoms with Crippen LogP contribution in [0.5, 0.6) is 0 Å². The maximum atomic E-state index is 9.08. The number of thiophene rings is 1. The number of aliphatic hydroxyl groups excluding tert-OH is 1. The van der Waals surface area contributed by atoms with Gasteiger partial charge in [0, 0.05) is 29.8 Å². The summed E-state index contributed by atoms with van der Waals surface area (Å²) in [5.74, 6) is 0. The lowest BCUT2D eigenvalue weighted by Crippen LogP contribution is -1.86. The second-order valence-corrected chi connectivity index (χ2v) is 3.63. The van der Waals surface area contributed by atoms with Gasteiger partial charge in [-0.2, -0.15) is 16.4 Å². The van der Waals surface area contributed by atoms with E-state index in [4.69, 9.17) is 5.11 Å². The van der Waals surface area contributed by atoms with Crippen molar-refractivity contribution in [3.63, 3.8) is 0 Å². The molecule has 0 aliphatic rings. The van der Waals surface area contributed by atoms with Crippen LogP contribution in [0.2, 0.25) is 0 Å². The largest absolute Gasteiger partial charge is 0.392 e. The maximum Gasteiger partial charge on any atom is 0.0986 e. The molecule has 2 aromatic heterocycles. The summed E-state index contributed by atoms with van der Waals surface area (Å²) in [4.78, 5) is 0. The molecular weight excluding hydrogens is 184 g/mol. The first-order valence-electron chi connectivity index (χ1n) is 3.97. The molecule has 0 spiro atoms. The molecule has 2 heterocycles. The third-order valence-electron chi connectivity index (χ3n) is 1.87. The smallest absolute Gasteiger partial charge is 0.0986 e. The average Bonchev–Trinajstić information content (AvgIpc) is 2.71. The summed E-state index contributed by atoms with van der Waals surface area (Å²) in [7, 11) is 1.86. The molecule has 0 amide bonds. The fourth-order valence-electron chi connectivity index (χ4n) is 1.30. The lowest BCUT2D eigenvalue weighted by atomic mass is 10.2. The van der Waals surface area contributed by atoms with Gasteiger partial charge >= 0.3 is 0 Å². The molecule has 3 nitrogen and oxygen atoms in total. The van der Waals surface area contributed by atoms with E-state index in [9.17, 15) is 0 Å². The van der Waals surface area contributed by atoms with Crippen molar-refractivity contribution in [2.75, 3.05) is 0 Å². The summed E-state index contributed by atoms with van der Waals surface area (Å²) < 4.78 is 1.72. The minimum absolute atomic E-state index is 0.0407. The number of hydrogen-bond acceptors (Lipinski definition) is 3. The Kier molecular flexibility index (Phi) is 2.16. The summed E-state index contributed by atoms with van der Waals surface area (Å²) >= 11 is 1.63. The molecule has 2 aromatic rings. The number of hydrogen-bond donors (Lipinski definition) is 1. The minimum atomic E-state index is 0.0407. The molecule has 0 radical (unpaired) electrons. The van der Waals surface area contributed by atoms with Crippen LogP contribution < -0.4 is 0 Å². The molecule has 0 saturated carbocycles. The molecule has 1 N–H and O–H groups in total. The molecule has 0 aliphatic carbocycles. The quantitative estimate of drug-likeness (QED) is 0.789. The zero-order chi connectivity index (χ0) is 9.26. The van der Waals surface area contributed by atoms with Crippen molar-refractivity contribution in [3.05, 3.63) is 28.6 Å². The molecule has 0 bridgehead atoms. The summed E-state index contributed by atoms with van der Waals surface area (Å²) in [5, 5.41) is 17.4. The van der Waals surface area contributed by atoms with Crippen molar-refractivity contribution in [2.45, 2.75) is 6.61 Å². The first-order valence-corrected chi connectivity index (χ1v) is 4.91. The Hall–Kier alpha value is -1.13. The number of rotatable bonds is 2. The fourth-order valence-corrected chi connectivity index (χ4v) is 1.94. The van der Waals surface area contributed by atoms with Crippen LogP contribution in [0.15, 0.2) is 23.0 Å². The van der Waals surface area contributed by atoms with Crippen molar-refractivity contribution in [1.82, 2.24) is 9.78 Å². The highest BCUT2D eigenvalue weighted by atomic mass is 32.1. The third-order valence-corrected chi connectivity index (χ3v) is 2.55. The molecule has 0 saturated heterocycles. The van der Waals surface area contributed by atoms with Gasteiger partial charge in [-0.1, -0.05) is 0 Å². The Morgan fingerprint density at radius 3 is 3.08 bits per heavy atom. The van der Waals surface area contributed by atoms with Crippen LogP contribution >= 0.6 is 11.3 Å². The molecule has 0 fully saturated rings. The number of aromatic nitrogens is 2. The average molecular weight is 194 g/mol. The van der Waals surface area contributed by atoms with Crippen LogP contribution in [-0.2, 0) is 13.7 Å². The predicted molar refractivity (Wildman–Crippen MR) is 52.4 cm³/mol. The monoisotopic (exact) mass is 194 g/mol. The molecular formula is C9H10N2OS. The Bertz CT molecular complexity index is 392. The zero-order valence-electron chi connectivity index (χ0n) is 7.27. The summed E-state index contributed by atoms with van der Waals surface area (Å²) in [6.45, 7) is 0.0407. The maximum absolute atomic E-state index is 9.08. The number of nitrogens with zero attached hydrogens (tertiary/aromatic N) is 2. The van der Waals surface area contributed by atoms with E-state index >= 15 is 0 Å². The summed E-state index contributed by atoms with van der Waals surface area (Å²) in [5.41, 5.74) is 2.84. The lowest BCUT2D eigenvalue weighted by molar-refractivity contribution is 0.282. The van der Waals surface area contributed by atoms with Crippen LogP contribution in [0.4, 0.5) is 0 Å². The van der Waals surface area contributed by atoms with Gasteiger partial charge in [0.25, 0.3) is 0 Å². The van der Waals surface area contributed by atoms with Crippen molar-refractivity contribution >= 4 is 11.3 Å². The van der Waals surface area contributed by atoms with Gasteiger partial charge in [0.05, 0.1) is 12.3 Å². The number of aliphatic hydroxyl groups is 1. The Morgan fingerprint density at radius 1 is 1.62 bits per heavy atom. The van der Waals surface area contributed by atoms with E-state index in [0.29, 0.717) is 0 Å². The van der Waals surface area contributed by atoms with Gasteiger partial charge in [-0.15, -0.1) is 0 Å². The van der Waals surface area contributed by atoms with Crippen LogP contribution in [0.1, 0.15) is 5.56 Å². The number of aryl methyl sites for hydroxylation is 1. The Labute approximate surface area is 80.3 Å². The van der Waals surface area contributed by atoms with E-state index in [1.807, 2.05) is 30.1 Å². The first kappa shape index (κ1) is 8.47. The van der Waals surface area contributed by atoms with Gasteiger partial charge in [-0.05, 0) is 11.4 Å². The van der Waals surface area contributed by atoms with Gasteiger partial charge in [0.2, 0.25) is 0 Å². The van der Waals surface area contributed by atoms with Gasteiger partial charge < -0.3 is 5.11 Å². The Balaban J connectivity index is 2.50. The molecule has 13 heavy (non-hydrogen) atoms. The highest BCUT2D eigenvalue weighted by molar-refractivity contribution is 7.08. The minimum Gasteiger partial charge on any atom is -0.392 e.